The van der Waals surface area contributed by atoms with Crippen molar-refractivity contribution in [2.24, 2.45) is 7.05 Å². The number of ether oxygens (including phenoxy) is 2. The van der Waals surface area contributed by atoms with Gasteiger partial charge in [-0.2, -0.15) is 5.10 Å². The van der Waals surface area contributed by atoms with Gasteiger partial charge in [-0.25, -0.2) is 0 Å². The van der Waals surface area contributed by atoms with Crippen molar-refractivity contribution in [3.63, 3.8) is 0 Å². The van der Waals surface area contributed by atoms with Crippen LogP contribution in [0.1, 0.15) is 18.1 Å². The Morgan fingerprint density at radius 3 is 2.83 bits per heavy atom. The normalized spacial score (nSPS) is 11.0. The smallest absolute Gasteiger partial charge is 0.310 e. The third kappa shape index (κ3) is 4.19. The molecule has 7 heteroatoms. The molecule has 0 radical (unpaired) electrons. The van der Waals surface area contributed by atoms with E-state index in [2.05, 4.69) is 5.10 Å². The molecule has 0 atom stereocenters. The molecule has 0 bridgehead atoms. The van der Waals surface area contributed by atoms with Gasteiger partial charge in [0.05, 0.1) is 25.5 Å². The molecule has 30 heavy (non-hydrogen) atoms. The lowest BCUT2D eigenvalue weighted by molar-refractivity contribution is -0.142. The minimum atomic E-state index is -0.282. The van der Waals surface area contributed by atoms with Gasteiger partial charge in [0, 0.05) is 45.9 Å². The number of hydrogen-bond acceptors (Lipinski definition) is 5. The van der Waals surface area contributed by atoms with Crippen molar-refractivity contribution in [3.8, 4) is 16.9 Å². The first-order valence-corrected chi connectivity index (χ1v) is 9.98. The monoisotopic (exact) mass is 424 g/mol. The summed E-state index contributed by atoms with van der Waals surface area (Å²) >= 11 is 6.38. The maximum absolute atomic E-state index is 11.9. The summed E-state index contributed by atoms with van der Waals surface area (Å²) in [6.45, 7) is 2.41. The summed E-state index contributed by atoms with van der Waals surface area (Å²) in [4.78, 5) is 11.9. The van der Waals surface area contributed by atoms with E-state index in [4.69, 9.17) is 25.5 Å². The van der Waals surface area contributed by atoms with Gasteiger partial charge in [-0.05, 0) is 25.1 Å². The molecule has 2 heterocycles. The van der Waals surface area contributed by atoms with Crippen molar-refractivity contribution in [1.29, 1.82) is 0 Å². The second-order valence-electron chi connectivity index (χ2n) is 6.87. The number of carbonyl (C=O) groups excluding carboxylic acids is 1. The third-order valence-electron chi connectivity index (χ3n) is 4.73. The maximum atomic E-state index is 11.9. The predicted octanol–water partition coefficient (Wildman–Crippen LogP) is 5.17. The maximum Gasteiger partial charge on any atom is 0.310 e. The van der Waals surface area contributed by atoms with Gasteiger partial charge in [0.2, 0.25) is 0 Å². The molecule has 0 N–H and O–H groups in total. The fraction of sp³-hybridized carbons (Fsp3) is 0.217. The summed E-state index contributed by atoms with van der Waals surface area (Å²) in [5, 5.41) is 5.71. The Labute approximate surface area is 179 Å². The zero-order valence-electron chi connectivity index (χ0n) is 16.7. The van der Waals surface area contributed by atoms with E-state index in [0.717, 1.165) is 33.2 Å². The van der Waals surface area contributed by atoms with Crippen molar-refractivity contribution in [3.05, 3.63) is 71.2 Å². The molecule has 2 aromatic heterocycles. The minimum absolute atomic E-state index is 0.160. The third-order valence-corrected chi connectivity index (χ3v) is 4.95. The highest BCUT2D eigenvalue weighted by Gasteiger charge is 2.16. The van der Waals surface area contributed by atoms with Crippen LogP contribution in [0.4, 0.5) is 0 Å². The van der Waals surface area contributed by atoms with Gasteiger partial charge >= 0.3 is 5.97 Å². The van der Waals surface area contributed by atoms with Gasteiger partial charge < -0.3 is 13.9 Å². The largest absolute Gasteiger partial charge is 0.488 e. The molecule has 0 spiro atoms. The number of fused-ring (bicyclic) bond motifs is 1. The first-order valence-electron chi connectivity index (χ1n) is 9.60. The SMILES string of the molecule is CCOC(=O)Cc1ccccc1OCc1coc2c(-c3cnn(C)c3)cc(Cl)cc12. The zero-order valence-corrected chi connectivity index (χ0v) is 17.5. The van der Waals surface area contributed by atoms with Crippen molar-refractivity contribution >= 4 is 28.5 Å². The van der Waals surface area contributed by atoms with Crippen LogP contribution >= 0.6 is 11.6 Å². The average molecular weight is 425 g/mol. The van der Waals surface area contributed by atoms with Crippen LogP contribution in [0.3, 0.4) is 0 Å². The molecular weight excluding hydrogens is 404 g/mol. The van der Waals surface area contributed by atoms with Crippen LogP contribution in [0.2, 0.25) is 5.02 Å². The fourth-order valence-corrected chi connectivity index (χ4v) is 3.57. The summed E-state index contributed by atoms with van der Waals surface area (Å²) in [6, 6.07) is 11.2. The summed E-state index contributed by atoms with van der Waals surface area (Å²) < 4.78 is 18.7. The number of furan rings is 1. The Kier molecular flexibility index (Phi) is 5.77. The van der Waals surface area contributed by atoms with E-state index in [-0.39, 0.29) is 19.0 Å². The number of rotatable bonds is 7. The molecular formula is C23H21ClN2O4. The molecule has 0 fully saturated rings. The Bertz CT molecular complexity index is 1200. The lowest BCUT2D eigenvalue weighted by Gasteiger charge is -2.11. The molecule has 0 aliphatic carbocycles. The van der Waals surface area contributed by atoms with Crippen LogP contribution in [0, 0.1) is 0 Å². The van der Waals surface area contributed by atoms with Crippen LogP contribution in [0.5, 0.6) is 5.75 Å². The minimum Gasteiger partial charge on any atom is -0.488 e. The van der Waals surface area contributed by atoms with E-state index in [1.54, 1.807) is 24.1 Å². The average Bonchev–Trinajstić information content (AvgIpc) is 3.33. The molecule has 0 saturated heterocycles. The molecule has 0 saturated carbocycles. The van der Waals surface area contributed by atoms with E-state index in [9.17, 15) is 4.79 Å². The van der Waals surface area contributed by atoms with E-state index in [1.807, 2.05) is 49.6 Å². The number of para-hydroxylation sites is 1. The van der Waals surface area contributed by atoms with Gasteiger partial charge in [-0.1, -0.05) is 29.8 Å². The molecule has 0 aliphatic heterocycles. The number of aromatic nitrogens is 2. The van der Waals surface area contributed by atoms with Gasteiger partial charge in [-0.3, -0.25) is 9.48 Å². The quantitative estimate of drug-likeness (QED) is 0.383. The van der Waals surface area contributed by atoms with Crippen LogP contribution in [0.15, 0.2) is 59.5 Å². The fourth-order valence-electron chi connectivity index (χ4n) is 3.35. The van der Waals surface area contributed by atoms with Gasteiger partial charge in [-0.15, -0.1) is 0 Å². The highest BCUT2D eigenvalue weighted by molar-refractivity contribution is 6.32. The highest BCUT2D eigenvalue weighted by Crippen LogP contribution is 2.35. The molecule has 4 rings (SSSR count). The summed E-state index contributed by atoms with van der Waals surface area (Å²) in [6.07, 6.45) is 5.52. The first kappa shape index (κ1) is 20.0. The number of carbonyl (C=O) groups is 1. The van der Waals surface area contributed by atoms with E-state index in [1.165, 1.54) is 0 Å². The summed E-state index contributed by atoms with van der Waals surface area (Å²) in [7, 11) is 1.86. The van der Waals surface area contributed by atoms with Gasteiger partial charge in [0.25, 0.3) is 0 Å². The van der Waals surface area contributed by atoms with Crippen molar-refractivity contribution in [2.45, 2.75) is 20.0 Å². The second kappa shape index (κ2) is 8.63. The van der Waals surface area contributed by atoms with Crippen LogP contribution in [-0.2, 0) is 29.6 Å². The summed E-state index contributed by atoms with van der Waals surface area (Å²) in [5.41, 5.74) is 4.17. The summed E-state index contributed by atoms with van der Waals surface area (Å²) in [5.74, 6) is 0.351. The number of aryl methyl sites for hydroxylation is 1. The van der Waals surface area contributed by atoms with Crippen molar-refractivity contribution in [1.82, 2.24) is 9.78 Å². The Balaban J connectivity index is 1.60. The zero-order chi connectivity index (χ0) is 21.1. The lowest BCUT2D eigenvalue weighted by atomic mass is 10.1. The number of halogens is 1. The van der Waals surface area contributed by atoms with E-state index >= 15 is 0 Å². The molecule has 154 valence electrons. The van der Waals surface area contributed by atoms with E-state index < -0.39 is 0 Å². The topological polar surface area (TPSA) is 66.5 Å². The van der Waals surface area contributed by atoms with Gasteiger partial charge in [0.1, 0.15) is 17.9 Å². The number of esters is 1. The standard InChI is InChI=1S/C23H21ClN2O4/c1-3-28-22(27)8-15-6-4-5-7-21(15)29-13-17-14-30-23-19(9-18(24)10-20(17)23)16-11-25-26(2)12-16/h4-7,9-12,14H,3,8,13H2,1-2H3. The molecule has 0 aliphatic rings. The first-order chi connectivity index (χ1) is 14.5. The predicted molar refractivity (Wildman–Crippen MR) is 115 cm³/mol. The van der Waals surface area contributed by atoms with Crippen molar-refractivity contribution in [2.75, 3.05) is 6.61 Å². The molecule has 6 nitrogen and oxygen atoms in total. The van der Waals surface area contributed by atoms with Crippen LogP contribution in [-0.4, -0.2) is 22.4 Å². The molecule has 0 unspecified atom stereocenters. The lowest BCUT2D eigenvalue weighted by Crippen LogP contribution is -2.09. The van der Waals surface area contributed by atoms with Crippen molar-refractivity contribution < 1.29 is 18.7 Å². The molecule has 4 aromatic rings. The number of hydrogen-bond donors (Lipinski definition) is 0. The highest BCUT2D eigenvalue weighted by atomic mass is 35.5. The number of benzene rings is 2. The Morgan fingerprint density at radius 2 is 2.07 bits per heavy atom. The molecule has 0 amide bonds. The second-order valence-corrected chi connectivity index (χ2v) is 7.31. The Morgan fingerprint density at radius 1 is 1.23 bits per heavy atom. The Hall–Kier alpha value is -3.25. The van der Waals surface area contributed by atoms with Crippen LogP contribution in [0.25, 0.3) is 22.1 Å². The van der Waals surface area contributed by atoms with E-state index in [0.29, 0.717) is 17.4 Å². The molecule has 2 aromatic carbocycles. The van der Waals surface area contributed by atoms with Gasteiger partial charge in [0.15, 0.2) is 0 Å². The number of nitrogens with zero attached hydrogens (tertiary/aromatic N) is 2. The van der Waals surface area contributed by atoms with Crippen LogP contribution < -0.4 is 4.74 Å².